The Morgan fingerprint density at radius 3 is 2.41 bits per heavy atom. The van der Waals surface area contributed by atoms with Gasteiger partial charge in [-0.1, -0.05) is 0 Å². The van der Waals surface area contributed by atoms with E-state index in [0.29, 0.717) is 6.42 Å². The molecule has 1 aliphatic heterocycles. The molecule has 0 aromatic heterocycles. The first-order valence-corrected chi connectivity index (χ1v) is 6.39. The summed E-state index contributed by atoms with van der Waals surface area (Å²) >= 11 is 0. The van der Waals surface area contributed by atoms with Gasteiger partial charge in [0, 0.05) is 24.8 Å². The Morgan fingerprint density at radius 2 is 1.88 bits per heavy atom. The average molecular weight is 246 g/mol. The van der Waals surface area contributed by atoms with Crippen molar-refractivity contribution in [3.05, 3.63) is 0 Å². The van der Waals surface area contributed by atoms with Crippen LogP contribution in [0.15, 0.2) is 0 Å². The summed E-state index contributed by atoms with van der Waals surface area (Å²) in [6.45, 7) is 1.46. The van der Waals surface area contributed by atoms with Crippen molar-refractivity contribution in [3.8, 4) is 0 Å². The fraction of sp³-hybridized carbons (Fsp3) is 0.917. The van der Waals surface area contributed by atoms with Crippen molar-refractivity contribution >= 4 is 5.91 Å². The lowest BCUT2D eigenvalue weighted by molar-refractivity contribution is -0.124. The van der Waals surface area contributed by atoms with Gasteiger partial charge in [-0.25, -0.2) is 8.78 Å². The zero-order chi connectivity index (χ0) is 12.5. The molecule has 3 nitrogen and oxygen atoms in total. The van der Waals surface area contributed by atoms with Crippen LogP contribution in [0.3, 0.4) is 0 Å². The van der Waals surface area contributed by atoms with E-state index in [4.69, 9.17) is 5.73 Å². The number of primary amides is 1. The first-order valence-electron chi connectivity index (χ1n) is 6.39. The number of likely N-dealkylation sites (tertiary alicyclic amines) is 1. The molecule has 1 heterocycles. The highest BCUT2D eigenvalue weighted by Gasteiger charge is 2.39. The fourth-order valence-electron chi connectivity index (χ4n) is 3.01. The predicted octanol–water partition coefficient (Wildman–Crippen LogP) is 1.76. The summed E-state index contributed by atoms with van der Waals surface area (Å²) in [5.74, 6) is -2.81. The molecule has 0 spiro atoms. The molecule has 0 aromatic rings. The van der Waals surface area contributed by atoms with E-state index in [2.05, 4.69) is 4.90 Å². The lowest BCUT2D eigenvalue weighted by Crippen LogP contribution is -2.47. The van der Waals surface area contributed by atoms with Gasteiger partial charge in [0.25, 0.3) is 0 Å². The predicted molar refractivity (Wildman–Crippen MR) is 60.7 cm³/mol. The maximum Gasteiger partial charge on any atom is 0.249 e. The van der Waals surface area contributed by atoms with E-state index >= 15 is 0 Å². The van der Waals surface area contributed by atoms with E-state index in [1.165, 1.54) is 0 Å². The number of amides is 1. The van der Waals surface area contributed by atoms with E-state index in [9.17, 15) is 13.6 Å². The molecule has 2 N–H and O–H groups in total. The van der Waals surface area contributed by atoms with Crippen molar-refractivity contribution < 1.29 is 13.6 Å². The molecule has 0 bridgehead atoms. The quantitative estimate of drug-likeness (QED) is 0.807. The number of piperidine rings is 1. The van der Waals surface area contributed by atoms with Crippen molar-refractivity contribution in [1.82, 2.24) is 4.90 Å². The third-order valence-corrected chi connectivity index (χ3v) is 4.06. The van der Waals surface area contributed by atoms with Gasteiger partial charge in [-0.05, 0) is 38.8 Å². The molecule has 0 radical (unpaired) electrons. The highest BCUT2D eigenvalue weighted by Crippen LogP contribution is 2.36. The monoisotopic (exact) mass is 246 g/mol. The lowest BCUT2D eigenvalue weighted by Gasteiger charge is -2.40. The highest BCUT2D eigenvalue weighted by atomic mass is 19.3. The van der Waals surface area contributed by atoms with Crippen molar-refractivity contribution in [3.63, 3.8) is 0 Å². The van der Waals surface area contributed by atoms with Gasteiger partial charge in [-0.3, -0.25) is 4.79 Å². The van der Waals surface area contributed by atoms with Crippen LogP contribution in [0.4, 0.5) is 8.78 Å². The van der Waals surface area contributed by atoms with Gasteiger partial charge in [-0.15, -0.1) is 0 Å². The second kappa shape index (κ2) is 4.88. The number of nitrogens with zero attached hydrogens (tertiary/aromatic N) is 1. The van der Waals surface area contributed by atoms with Gasteiger partial charge in [0.05, 0.1) is 0 Å². The van der Waals surface area contributed by atoms with Gasteiger partial charge in [0.2, 0.25) is 11.8 Å². The van der Waals surface area contributed by atoms with Crippen LogP contribution in [0, 0.1) is 5.92 Å². The molecule has 98 valence electrons. The van der Waals surface area contributed by atoms with E-state index in [1.54, 1.807) is 0 Å². The second-order valence-corrected chi connectivity index (χ2v) is 5.32. The summed E-state index contributed by atoms with van der Waals surface area (Å²) in [7, 11) is 0. The Morgan fingerprint density at radius 1 is 1.24 bits per heavy atom. The van der Waals surface area contributed by atoms with Crippen LogP contribution in [-0.4, -0.2) is 35.9 Å². The maximum absolute atomic E-state index is 13.3. The Balaban J connectivity index is 1.86. The summed E-state index contributed by atoms with van der Waals surface area (Å²) in [6, 6.07) is -0.00687. The number of carbonyl (C=O) groups excluding carboxylic acids is 1. The van der Waals surface area contributed by atoms with Gasteiger partial charge < -0.3 is 10.6 Å². The normalized spacial score (nSPS) is 31.3. The molecule has 1 unspecified atom stereocenters. The molecule has 1 saturated carbocycles. The van der Waals surface area contributed by atoms with E-state index < -0.39 is 5.92 Å². The molecule has 1 atom stereocenters. The summed E-state index contributed by atoms with van der Waals surface area (Å²) in [5.41, 5.74) is 5.26. The first kappa shape index (κ1) is 12.7. The van der Waals surface area contributed by atoms with Gasteiger partial charge in [-0.2, -0.15) is 0 Å². The molecule has 1 aliphatic carbocycles. The minimum atomic E-state index is -2.50. The summed E-state index contributed by atoms with van der Waals surface area (Å²) in [4.78, 5) is 13.1. The smallest absolute Gasteiger partial charge is 0.249 e. The first-order chi connectivity index (χ1) is 7.98. The molecule has 2 aliphatic rings. The van der Waals surface area contributed by atoms with Crippen molar-refractivity contribution in [2.24, 2.45) is 11.7 Å². The summed E-state index contributed by atoms with van der Waals surface area (Å²) in [6.07, 6.45) is 2.91. The van der Waals surface area contributed by atoms with Crippen LogP contribution in [0.25, 0.3) is 0 Å². The molecular weight excluding hydrogens is 226 g/mol. The van der Waals surface area contributed by atoms with Gasteiger partial charge >= 0.3 is 0 Å². The van der Waals surface area contributed by atoms with Gasteiger partial charge in [0.1, 0.15) is 0 Å². The van der Waals surface area contributed by atoms with Crippen LogP contribution in [0.2, 0.25) is 0 Å². The molecule has 2 fully saturated rings. The molecule has 2 rings (SSSR count). The maximum atomic E-state index is 13.3. The topological polar surface area (TPSA) is 46.3 Å². The van der Waals surface area contributed by atoms with Crippen LogP contribution in [0.5, 0.6) is 0 Å². The number of hydrogen-bond acceptors (Lipinski definition) is 2. The minimum absolute atomic E-state index is 0.00687. The number of halogens is 2. The van der Waals surface area contributed by atoms with E-state index in [-0.39, 0.29) is 30.7 Å². The SMILES string of the molecule is NC(=O)C1CCN(C2CCCC(F)(F)C2)CC1. The number of alkyl halides is 2. The molecule has 1 amide bonds. The number of hydrogen-bond donors (Lipinski definition) is 1. The molecule has 5 heteroatoms. The largest absolute Gasteiger partial charge is 0.369 e. The standard InChI is InChI=1S/C12H20F2N2O/c13-12(14)5-1-2-10(8-12)16-6-3-9(4-7-16)11(15)17/h9-10H,1-8H2,(H2,15,17). The molecule has 17 heavy (non-hydrogen) atoms. The minimum Gasteiger partial charge on any atom is -0.369 e. The van der Waals surface area contributed by atoms with Crippen LogP contribution in [0.1, 0.15) is 38.5 Å². The average Bonchev–Trinajstić information content (AvgIpc) is 2.28. The lowest BCUT2D eigenvalue weighted by atomic mass is 9.88. The van der Waals surface area contributed by atoms with E-state index in [1.807, 2.05) is 0 Å². The second-order valence-electron chi connectivity index (χ2n) is 5.32. The van der Waals surface area contributed by atoms with E-state index in [0.717, 1.165) is 32.4 Å². The number of carbonyl (C=O) groups is 1. The Labute approximate surface area is 100 Å². The Kier molecular flexibility index (Phi) is 3.66. The molecule has 1 saturated heterocycles. The Bertz CT molecular complexity index is 288. The van der Waals surface area contributed by atoms with Crippen molar-refractivity contribution in [1.29, 1.82) is 0 Å². The third kappa shape index (κ3) is 3.15. The van der Waals surface area contributed by atoms with Crippen LogP contribution < -0.4 is 5.73 Å². The molecule has 0 aromatic carbocycles. The summed E-state index contributed by atoms with van der Waals surface area (Å²) in [5, 5.41) is 0. The van der Waals surface area contributed by atoms with Crippen LogP contribution >= 0.6 is 0 Å². The number of nitrogens with two attached hydrogens (primary N) is 1. The van der Waals surface area contributed by atoms with Crippen LogP contribution in [-0.2, 0) is 4.79 Å². The zero-order valence-electron chi connectivity index (χ0n) is 10.0. The third-order valence-electron chi connectivity index (χ3n) is 4.06. The molecular formula is C12H20F2N2O. The van der Waals surface area contributed by atoms with Gasteiger partial charge in [0.15, 0.2) is 0 Å². The fourth-order valence-corrected chi connectivity index (χ4v) is 3.01. The zero-order valence-corrected chi connectivity index (χ0v) is 10.0. The highest BCUT2D eigenvalue weighted by molar-refractivity contribution is 5.76. The van der Waals surface area contributed by atoms with Crippen molar-refractivity contribution in [2.75, 3.05) is 13.1 Å². The number of rotatable bonds is 2. The Hall–Kier alpha value is -0.710. The summed E-state index contributed by atoms with van der Waals surface area (Å²) < 4.78 is 26.6. The van der Waals surface area contributed by atoms with Crippen molar-refractivity contribution in [2.45, 2.75) is 50.5 Å².